The van der Waals surface area contributed by atoms with Crippen LogP contribution in [0.3, 0.4) is 0 Å². The van der Waals surface area contributed by atoms with Crippen molar-refractivity contribution in [2.24, 2.45) is 5.10 Å². The minimum absolute atomic E-state index is 0.0843. The maximum atomic E-state index is 11.4. The Morgan fingerprint density at radius 2 is 1.45 bits per heavy atom. The molecule has 0 heterocycles. The van der Waals surface area contributed by atoms with E-state index in [4.69, 9.17) is 0 Å². The number of hydrazone groups is 1. The third-order valence-electron chi connectivity index (χ3n) is 5.41. The van der Waals surface area contributed by atoms with Gasteiger partial charge in [0.05, 0.1) is 27.0 Å². The number of benzene rings is 3. The summed E-state index contributed by atoms with van der Waals surface area (Å²) in [6, 6.07) is 23.3. The van der Waals surface area contributed by atoms with Gasteiger partial charge in [0.2, 0.25) is 0 Å². The maximum absolute atomic E-state index is 11.4. The summed E-state index contributed by atoms with van der Waals surface area (Å²) in [4.78, 5) is 21.1. The van der Waals surface area contributed by atoms with Crippen molar-refractivity contribution < 1.29 is 9.85 Å². The molecule has 158 valence electrons. The Balaban J connectivity index is 2.08. The molecule has 0 spiro atoms. The van der Waals surface area contributed by atoms with E-state index in [0.29, 0.717) is 12.1 Å². The smallest absolute Gasteiger partial charge is 0.272 e. The van der Waals surface area contributed by atoms with Gasteiger partial charge in [0, 0.05) is 6.07 Å². The molecule has 0 fully saturated rings. The van der Waals surface area contributed by atoms with E-state index in [9.17, 15) is 20.2 Å². The predicted octanol–water partition coefficient (Wildman–Crippen LogP) is 5.69. The molecule has 0 saturated heterocycles. The molecular formula is C23H22N4O4. The second-order valence-corrected chi connectivity index (χ2v) is 7.02. The van der Waals surface area contributed by atoms with Crippen LogP contribution in [0.2, 0.25) is 0 Å². The zero-order chi connectivity index (χ0) is 22.4. The number of nitrogens with zero attached hydrogens (tertiary/aromatic N) is 3. The van der Waals surface area contributed by atoms with Crippen LogP contribution < -0.4 is 5.43 Å². The van der Waals surface area contributed by atoms with Crippen molar-refractivity contribution in [1.82, 2.24) is 0 Å². The third kappa shape index (κ3) is 4.28. The molecule has 0 aromatic heterocycles. The number of nitrogens with one attached hydrogen (secondary N) is 1. The number of non-ortho nitro benzene ring substituents is 1. The average molecular weight is 418 g/mol. The van der Waals surface area contributed by atoms with Crippen molar-refractivity contribution in [1.29, 1.82) is 0 Å². The van der Waals surface area contributed by atoms with E-state index in [1.54, 1.807) is 0 Å². The number of hydrogen-bond donors (Lipinski definition) is 1. The van der Waals surface area contributed by atoms with Crippen LogP contribution in [-0.2, 0) is 5.41 Å². The molecule has 0 atom stereocenters. The van der Waals surface area contributed by atoms with Gasteiger partial charge in [-0.05, 0) is 30.5 Å². The summed E-state index contributed by atoms with van der Waals surface area (Å²) >= 11 is 0. The SMILES string of the molecule is CCC(/C(C)=N/Nc1ccc([N+](=O)[O-])cc1[N+](=O)[O-])(c1ccccc1)c1ccccc1. The second-order valence-electron chi connectivity index (χ2n) is 7.02. The quantitative estimate of drug-likeness (QED) is 0.287. The van der Waals surface area contributed by atoms with Crippen molar-refractivity contribution >= 4 is 22.8 Å². The van der Waals surface area contributed by atoms with E-state index >= 15 is 0 Å². The van der Waals surface area contributed by atoms with Gasteiger partial charge in [-0.3, -0.25) is 25.7 Å². The third-order valence-corrected chi connectivity index (χ3v) is 5.41. The Hall–Kier alpha value is -4.07. The van der Waals surface area contributed by atoms with Crippen LogP contribution in [0.4, 0.5) is 17.1 Å². The summed E-state index contributed by atoms with van der Waals surface area (Å²) in [6.45, 7) is 3.93. The van der Waals surface area contributed by atoms with E-state index in [1.807, 2.05) is 67.6 Å². The van der Waals surface area contributed by atoms with Crippen LogP contribution in [0.25, 0.3) is 0 Å². The molecule has 8 nitrogen and oxygen atoms in total. The molecule has 1 N–H and O–H groups in total. The lowest BCUT2D eigenvalue weighted by Crippen LogP contribution is -2.35. The fraction of sp³-hybridized carbons (Fsp3) is 0.174. The summed E-state index contributed by atoms with van der Waals surface area (Å²) in [6.07, 6.45) is 0.709. The average Bonchev–Trinajstić information content (AvgIpc) is 2.79. The molecule has 0 aliphatic rings. The molecular weight excluding hydrogens is 396 g/mol. The molecule has 0 radical (unpaired) electrons. The first-order valence-corrected chi connectivity index (χ1v) is 9.74. The molecule has 8 heteroatoms. The van der Waals surface area contributed by atoms with Gasteiger partial charge in [-0.2, -0.15) is 5.10 Å². The first-order valence-electron chi connectivity index (χ1n) is 9.74. The number of hydrogen-bond acceptors (Lipinski definition) is 6. The Morgan fingerprint density at radius 1 is 0.903 bits per heavy atom. The van der Waals surface area contributed by atoms with Gasteiger partial charge < -0.3 is 0 Å². The first-order chi connectivity index (χ1) is 14.9. The van der Waals surface area contributed by atoms with E-state index in [-0.39, 0.29) is 11.4 Å². The highest BCUT2D eigenvalue weighted by molar-refractivity contribution is 5.97. The van der Waals surface area contributed by atoms with Crippen molar-refractivity contribution in [2.75, 3.05) is 5.43 Å². The summed E-state index contributed by atoms with van der Waals surface area (Å²) in [5.74, 6) is 0. The van der Waals surface area contributed by atoms with Crippen LogP contribution in [0.5, 0.6) is 0 Å². The van der Waals surface area contributed by atoms with Crippen LogP contribution in [0, 0.1) is 20.2 Å². The summed E-state index contributed by atoms with van der Waals surface area (Å²) in [5.41, 5.74) is 4.34. The first kappa shape index (κ1) is 21.6. The van der Waals surface area contributed by atoms with E-state index < -0.39 is 20.9 Å². The van der Waals surface area contributed by atoms with Crippen molar-refractivity contribution in [3.8, 4) is 0 Å². The van der Waals surface area contributed by atoms with E-state index in [2.05, 4.69) is 17.5 Å². The minimum atomic E-state index is -0.668. The molecule has 0 saturated carbocycles. The van der Waals surface area contributed by atoms with E-state index in [0.717, 1.165) is 17.2 Å². The lowest BCUT2D eigenvalue weighted by molar-refractivity contribution is -0.393. The Bertz CT molecular complexity index is 1080. The number of anilines is 1. The van der Waals surface area contributed by atoms with Gasteiger partial charge in [0.25, 0.3) is 5.69 Å². The molecule has 31 heavy (non-hydrogen) atoms. The molecule has 0 aliphatic carbocycles. The van der Waals surface area contributed by atoms with Gasteiger partial charge in [0.1, 0.15) is 5.69 Å². The largest absolute Gasteiger partial charge is 0.301 e. The monoisotopic (exact) mass is 418 g/mol. The summed E-state index contributed by atoms with van der Waals surface area (Å²) in [5, 5.41) is 26.9. The van der Waals surface area contributed by atoms with Crippen LogP contribution in [0.15, 0.2) is 84.0 Å². The standard InChI is InChI=1S/C23H22N4O4/c1-3-23(18-10-6-4-7-11-18,19-12-8-5-9-13-19)17(2)24-25-21-15-14-20(26(28)29)16-22(21)27(30)31/h4-16,25H,3H2,1-2H3/b24-17+. The maximum Gasteiger partial charge on any atom is 0.301 e. The Morgan fingerprint density at radius 3 is 1.90 bits per heavy atom. The zero-order valence-corrected chi connectivity index (χ0v) is 17.2. The fourth-order valence-electron chi connectivity index (χ4n) is 3.81. The second kappa shape index (κ2) is 9.17. The fourth-order valence-corrected chi connectivity index (χ4v) is 3.81. The molecule has 3 aromatic carbocycles. The highest BCUT2D eigenvalue weighted by Crippen LogP contribution is 2.37. The molecule has 3 rings (SSSR count). The molecule has 0 aliphatic heterocycles. The molecule has 3 aromatic rings. The van der Waals surface area contributed by atoms with Gasteiger partial charge >= 0.3 is 5.69 Å². The van der Waals surface area contributed by atoms with Gasteiger partial charge in [-0.25, -0.2) is 0 Å². The Kier molecular flexibility index (Phi) is 6.40. The normalized spacial score (nSPS) is 11.7. The highest BCUT2D eigenvalue weighted by Gasteiger charge is 2.36. The molecule has 0 unspecified atom stereocenters. The molecule has 0 amide bonds. The van der Waals surface area contributed by atoms with Crippen molar-refractivity contribution in [2.45, 2.75) is 25.7 Å². The van der Waals surface area contributed by atoms with Crippen molar-refractivity contribution in [3.05, 3.63) is 110 Å². The van der Waals surface area contributed by atoms with Crippen LogP contribution >= 0.6 is 0 Å². The van der Waals surface area contributed by atoms with Gasteiger partial charge in [-0.1, -0.05) is 67.6 Å². The lowest BCUT2D eigenvalue weighted by atomic mass is 9.69. The van der Waals surface area contributed by atoms with E-state index in [1.165, 1.54) is 12.1 Å². The number of nitro benzene ring substituents is 2. The number of rotatable bonds is 8. The van der Waals surface area contributed by atoms with Crippen LogP contribution in [-0.4, -0.2) is 15.6 Å². The lowest BCUT2D eigenvalue weighted by Gasteiger charge is -2.34. The topological polar surface area (TPSA) is 111 Å². The van der Waals surface area contributed by atoms with Crippen molar-refractivity contribution in [3.63, 3.8) is 0 Å². The zero-order valence-electron chi connectivity index (χ0n) is 17.2. The number of nitro groups is 2. The van der Waals surface area contributed by atoms with Gasteiger partial charge in [-0.15, -0.1) is 0 Å². The van der Waals surface area contributed by atoms with Gasteiger partial charge in [0.15, 0.2) is 0 Å². The summed E-state index contributed by atoms with van der Waals surface area (Å²) in [7, 11) is 0. The van der Waals surface area contributed by atoms with Crippen LogP contribution in [0.1, 0.15) is 31.4 Å². The minimum Gasteiger partial charge on any atom is -0.272 e. The highest BCUT2D eigenvalue weighted by atomic mass is 16.6. The molecule has 0 bridgehead atoms. The summed E-state index contributed by atoms with van der Waals surface area (Å²) < 4.78 is 0. The predicted molar refractivity (Wildman–Crippen MR) is 120 cm³/mol. The Labute approximate surface area is 179 Å².